The Morgan fingerprint density at radius 1 is 1.41 bits per heavy atom. The number of hydrogen-bond acceptors (Lipinski definition) is 6. The van der Waals surface area contributed by atoms with Crippen LogP contribution in [-0.2, 0) is 4.74 Å². The highest BCUT2D eigenvalue weighted by Crippen LogP contribution is 2.36. The average Bonchev–Trinajstić information content (AvgIpc) is 2.75. The molecule has 0 aromatic carbocycles. The smallest absolute Gasteiger partial charge is 0.159 e. The summed E-state index contributed by atoms with van der Waals surface area (Å²) in [7, 11) is 1.79. The Morgan fingerprint density at radius 2 is 2.18 bits per heavy atom. The number of unbranched alkanes of at least 4 members (excludes halogenated alkanes) is 1. The van der Waals surface area contributed by atoms with Gasteiger partial charge in [-0.05, 0) is 6.42 Å². The summed E-state index contributed by atoms with van der Waals surface area (Å²) in [5.41, 5.74) is -0.169. The molecule has 0 aliphatic carbocycles. The number of nitrogens with one attached hydrogen (secondary N) is 1. The molecule has 0 aromatic heterocycles. The minimum absolute atomic E-state index is 0.169. The highest BCUT2D eigenvalue weighted by molar-refractivity contribution is 8.14. The molecule has 0 aromatic rings. The number of aliphatic hydroxyl groups is 2. The van der Waals surface area contributed by atoms with Crippen LogP contribution in [0, 0.1) is 0 Å². The number of hydrogen-bond donors (Lipinski definition) is 3. The standard InChI is InChI=1S/C11H20N2O3S/c1-3-4-5-6-8(14)9(15)7-10(16-6)17-11(12-2)13-7/h6-10,14-15H,3-5H2,1-2H3,(H,12,13)/t6-,7-,8-,9-,10-/m1/s1. The molecule has 0 radical (unpaired) electrons. The van der Waals surface area contributed by atoms with Crippen molar-refractivity contribution >= 4 is 16.9 Å². The lowest BCUT2D eigenvalue weighted by atomic mass is 9.95. The van der Waals surface area contributed by atoms with Crippen LogP contribution in [0.5, 0.6) is 0 Å². The molecule has 5 nitrogen and oxygen atoms in total. The number of amidine groups is 1. The fourth-order valence-corrected chi connectivity index (χ4v) is 3.27. The molecule has 0 amide bonds. The Morgan fingerprint density at radius 3 is 2.82 bits per heavy atom. The molecule has 17 heavy (non-hydrogen) atoms. The number of aliphatic hydroxyl groups excluding tert-OH is 2. The minimum Gasteiger partial charge on any atom is -0.388 e. The van der Waals surface area contributed by atoms with Gasteiger partial charge in [0.25, 0.3) is 0 Å². The maximum atomic E-state index is 10.1. The van der Waals surface area contributed by atoms with Crippen molar-refractivity contribution < 1.29 is 14.9 Å². The highest BCUT2D eigenvalue weighted by atomic mass is 32.2. The topological polar surface area (TPSA) is 74.1 Å². The molecule has 0 saturated carbocycles. The van der Waals surface area contributed by atoms with E-state index >= 15 is 0 Å². The van der Waals surface area contributed by atoms with Gasteiger partial charge in [-0.1, -0.05) is 31.5 Å². The van der Waals surface area contributed by atoms with Crippen LogP contribution in [0.25, 0.3) is 0 Å². The van der Waals surface area contributed by atoms with Crippen LogP contribution < -0.4 is 5.32 Å². The monoisotopic (exact) mass is 260 g/mol. The number of thioether (sulfide) groups is 1. The first-order valence-electron chi connectivity index (χ1n) is 6.11. The van der Waals surface area contributed by atoms with Gasteiger partial charge in [0.15, 0.2) is 5.17 Å². The van der Waals surface area contributed by atoms with Crippen molar-refractivity contribution in [3.05, 3.63) is 0 Å². The summed E-state index contributed by atoms with van der Waals surface area (Å²) >= 11 is 1.48. The number of rotatable bonds is 3. The van der Waals surface area contributed by atoms with E-state index in [0.29, 0.717) is 0 Å². The highest BCUT2D eigenvalue weighted by Gasteiger charge is 2.47. The van der Waals surface area contributed by atoms with E-state index < -0.39 is 12.2 Å². The average molecular weight is 260 g/mol. The zero-order valence-corrected chi connectivity index (χ0v) is 11.0. The van der Waals surface area contributed by atoms with Crippen LogP contribution in [0.4, 0.5) is 0 Å². The van der Waals surface area contributed by atoms with Gasteiger partial charge in [0.1, 0.15) is 23.7 Å². The predicted molar refractivity (Wildman–Crippen MR) is 68.1 cm³/mol. The number of nitrogens with zero attached hydrogens (tertiary/aromatic N) is 1. The molecule has 0 spiro atoms. The van der Waals surface area contributed by atoms with Crippen LogP contribution in [0.3, 0.4) is 0 Å². The van der Waals surface area contributed by atoms with Crippen molar-refractivity contribution in [3.8, 4) is 0 Å². The molecule has 2 rings (SSSR count). The SMILES string of the molecule is CCCC[C@H]1O[C@@H]2SC(NC)=N[C@@H]2[C@@H](O)[C@@H]1O. The van der Waals surface area contributed by atoms with Crippen molar-refractivity contribution in [2.45, 2.75) is 56.0 Å². The first kappa shape index (κ1) is 13.1. The molecule has 1 saturated heterocycles. The number of ether oxygens (including phenoxy) is 1. The second-order valence-corrected chi connectivity index (χ2v) is 5.55. The van der Waals surface area contributed by atoms with Gasteiger partial charge in [0.05, 0.1) is 6.10 Å². The molecule has 0 bridgehead atoms. The van der Waals surface area contributed by atoms with Gasteiger partial charge in [-0.25, -0.2) is 0 Å². The lowest BCUT2D eigenvalue weighted by Gasteiger charge is -2.38. The van der Waals surface area contributed by atoms with Crippen LogP contribution in [0.15, 0.2) is 4.99 Å². The molecule has 1 fully saturated rings. The Hall–Kier alpha value is -0.300. The maximum absolute atomic E-state index is 10.1. The van der Waals surface area contributed by atoms with E-state index in [0.717, 1.165) is 24.4 Å². The van der Waals surface area contributed by atoms with Gasteiger partial charge in [0, 0.05) is 7.05 Å². The van der Waals surface area contributed by atoms with Crippen molar-refractivity contribution in [1.29, 1.82) is 0 Å². The zero-order valence-electron chi connectivity index (χ0n) is 10.2. The van der Waals surface area contributed by atoms with Gasteiger partial charge in [-0.15, -0.1) is 0 Å². The quantitative estimate of drug-likeness (QED) is 0.681. The van der Waals surface area contributed by atoms with Crippen molar-refractivity contribution in [2.75, 3.05) is 7.05 Å². The van der Waals surface area contributed by atoms with Gasteiger partial charge in [0.2, 0.25) is 0 Å². The summed E-state index contributed by atoms with van der Waals surface area (Å²) in [5, 5.41) is 23.8. The van der Waals surface area contributed by atoms with Crippen LogP contribution in [-0.4, -0.2) is 52.2 Å². The summed E-state index contributed by atoms with van der Waals surface area (Å²) in [6, 6.07) is -0.352. The van der Waals surface area contributed by atoms with E-state index in [4.69, 9.17) is 4.74 Å². The summed E-state index contributed by atoms with van der Waals surface area (Å²) < 4.78 is 5.83. The summed E-state index contributed by atoms with van der Waals surface area (Å²) in [6.45, 7) is 2.10. The third-order valence-electron chi connectivity index (χ3n) is 3.22. The van der Waals surface area contributed by atoms with E-state index in [-0.39, 0.29) is 17.6 Å². The molecule has 6 heteroatoms. The third kappa shape index (κ3) is 2.59. The Labute approximate surface area is 106 Å². The van der Waals surface area contributed by atoms with Crippen LogP contribution in [0.2, 0.25) is 0 Å². The Bertz CT molecular complexity index is 300. The first-order valence-corrected chi connectivity index (χ1v) is 6.99. The van der Waals surface area contributed by atoms with E-state index in [2.05, 4.69) is 17.2 Å². The normalized spacial score (nSPS) is 40.9. The maximum Gasteiger partial charge on any atom is 0.159 e. The van der Waals surface area contributed by atoms with E-state index in [1.165, 1.54) is 11.8 Å². The fraction of sp³-hybridized carbons (Fsp3) is 0.909. The van der Waals surface area contributed by atoms with Gasteiger partial charge >= 0.3 is 0 Å². The Balaban J connectivity index is 2.02. The summed E-state index contributed by atoms with van der Waals surface area (Å²) in [6.07, 6.45) is 0.911. The zero-order chi connectivity index (χ0) is 12.4. The minimum atomic E-state index is -0.830. The lowest BCUT2D eigenvalue weighted by Crippen LogP contribution is -2.54. The van der Waals surface area contributed by atoms with Crippen molar-refractivity contribution in [3.63, 3.8) is 0 Å². The molecular formula is C11H20N2O3S. The largest absolute Gasteiger partial charge is 0.388 e. The summed E-state index contributed by atoms with van der Waals surface area (Å²) in [5.74, 6) is 0. The van der Waals surface area contributed by atoms with Gasteiger partial charge in [-0.3, -0.25) is 4.99 Å². The van der Waals surface area contributed by atoms with Crippen molar-refractivity contribution in [1.82, 2.24) is 5.32 Å². The Kier molecular flexibility index (Phi) is 4.30. The molecule has 3 N–H and O–H groups in total. The number of fused-ring (bicyclic) bond motifs is 1. The van der Waals surface area contributed by atoms with Crippen LogP contribution in [0.1, 0.15) is 26.2 Å². The van der Waals surface area contributed by atoms with Crippen LogP contribution >= 0.6 is 11.8 Å². The molecule has 2 heterocycles. The van der Waals surface area contributed by atoms with Gasteiger partial charge in [-0.2, -0.15) is 0 Å². The molecule has 0 unspecified atom stereocenters. The number of aliphatic imine (C=N–C) groups is 1. The second-order valence-electron chi connectivity index (χ2n) is 4.46. The van der Waals surface area contributed by atoms with Gasteiger partial charge < -0.3 is 20.3 Å². The molecule has 5 atom stereocenters. The van der Waals surface area contributed by atoms with Crippen molar-refractivity contribution in [2.24, 2.45) is 4.99 Å². The molecule has 2 aliphatic rings. The third-order valence-corrected chi connectivity index (χ3v) is 4.37. The van der Waals surface area contributed by atoms with E-state index in [9.17, 15) is 10.2 Å². The summed E-state index contributed by atoms with van der Waals surface area (Å²) in [4.78, 5) is 4.31. The van der Waals surface area contributed by atoms with E-state index in [1.54, 1.807) is 7.05 Å². The molecular weight excluding hydrogens is 240 g/mol. The predicted octanol–water partition coefficient (Wildman–Crippen LogP) is 0.314. The fourth-order valence-electron chi connectivity index (χ4n) is 2.19. The van der Waals surface area contributed by atoms with E-state index in [1.807, 2.05) is 0 Å². The first-order chi connectivity index (χ1) is 8.17. The lowest BCUT2D eigenvalue weighted by molar-refractivity contribution is -0.154. The molecule has 2 aliphatic heterocycles. The second kappa shape index (κ2) is 5.56. The molecule has 98 valence electrons.